The van der Waals surface area contributed by atoms with Gasteiger partial charge in [-0.05, 0) is 35.7 Å². The van der Waals surface area contributed by atoms with E-state index < -0.39 is 0 Å². The van der Waals surface area contributed by atoms with Gasteiger partial charge in [-0.15, -0.1) is 0 Å². The first-order chi connectivity index (χ1) is 9.72. The maximum atomic E-state index is 13.2. The molecule has 0 aliphatic carbocycles. The van der Waals surface area contributed by atoms with E-state index in [1.54, 1.807) is 12.1 Å². The van der Waals surface area contributed by atoms with Crippen molar-refractivity contribution in [3.8, 4) is 11.1 Å². The first-order valence-electron chi connectivity index (χ1n) is 6.94. The quantitative estimate of drug-likeness (QED) is 0.902. The second-order valence-electron chi connectivity index (χ2n) is 5.23. The highest BCUT2D eigenvalue weighted by Gasteiger charge is 2.20. The molecule has 1 fully saturated rings. The number of hydrogen-bond acceptors (Lipinski definition) is 2. The van der Waals surface area contributed by atoms with E-state index >= 15 is 0 Å². The molecular formula is C17H18FNO. The molecule has 0 amide bonds. The molecule has 0 saturated carbocycles. The second kappa shape index (κ2) is 5.73. The van der Waals surface area contributed by atoms with Crippen molar-refractivity contribution in [2.45, 2.75) is 19.1 Å². The fraction of sp³-hybridized carbons (Fsp3) is 0.294. The van der Waals surface area contributed by atoms with Crippen LogP contribution >= 0.6 is 0 Å². The highest BCUT2D eigenvalue weighted by Crippen LogP contribution is 2.25. The molecule has 0 radical (unpaired) electrons. The zero-order chi connectivity index (χ0) is 13.9. The van der Waals surface area contributed by atoms with Crippen LogP contribution in [0.3, 0.4) is 0 Å². The van der Waals surface area contributed by atoms with Crippen LogP contribution in [0.1, 0.15) is 18.6 Å². The third-order valence-electron chi connectivity index (χ3n) is 3.60. The van der Waals surface area contributed by atoms with Gasteiger partial charge in [-0.25, -0.2) is 4.39 Å². The number of nitrogens with one attached hydrogen (secondary N) is 1. The molecule has 0 spiro atoms. The van der Waals surface area contributed by atoms with Crippen molar-refractivity contribution in [1.29, 1.82) is 0 Å². The minimum Gasteiger partial charge on any atom is -0.368 e. The molecule has 2 aromatic carbocycles. The maximum Gasteiger partial charge on any atom is 0.123 e. The van der Waals surface area contributed by atoms with Gasteiger partial charge in [0.25, 0.3) is 0 Å². The number of ether oxygens (including phenoxy) is 1. The number of hydrogen-bond donors (Lipinski definition) is 1. The molecule has 104 valence electrons. The largest absolute Gasteiger partial charge is 0.368 e. The SMILES string of the molecule is CC1CNCC(c2ccc(-c3cccc(F)c3)cc2)O1. The van der Waals surface area contributed by atoms with Crippen LogP contribution in [0, 0.1) is 5.82 Å². The van der Waals surface area contributed by atoms with Gasteiger partial charge in [0.1, 0.15) is 5.82 Å². The van der Waals surface area contributed by atoms with Crippen molar-refractivity contribution in [2.24, 2.45) is 0 Å². The van der Waals surface area contributed by atoms with Gasteiger partial charge < -0.3 is 10.1 Å². The lowest BCUT2D eigenvalue weighted by Crippen LogP contribution is -2.38. The average molecular weight is 271 g/mol. The zero-order valence-electron chi connectivity index (χ0n) is 11.5. The number of benzene rings is 2. The average Bonchev–Trinajstić information content (AvgIpc) is 2.47. The molecule has 2 nitrogen and oxygen atoms in total. The molecule has 1 heterocycles. The monoisotopic (exact) mass is 271 g/mol. The lowest BCUT2D eigenvalue weighted by Gasteiger charge is -2.29. The predicted molar refractivity (Wildman–Crippen MR) is 78.0 cm³/mol. The van der Waals surface area contributed by atoms with Crippen molar-refractivity contribution in [3.05, 3.63) is 59.9 Å². The summed E-state index contributed by atoms with van der Waals surface area (Å²) in [5.74, 6) is -0.208. The van der Waals surface area contributed by atoms with Gasteiger partial charge >= 0.3 is 0 Å². The molecule has 2 aromatic rings. The minimum atomic E-state index is -0.208. The minimum absolute atomic E-state index is 0.0975. The molecule has 3 heteroatoms. The van der Waals surface area contributed by atoms with Crippen molar-refractivity contribution in [3.63, 3.8) is 0 Å². The molecule has 3 rings (SSSR count). The zero-order valence-corrected chi connectivity index (χ0v) is 11.5. The molecule has 1 aliphatic heterocycles. The third-order valence-corrected chi connectivity index (χ3v) is 3.60. The van der Waals surface area contributed by atoms with E-state index in [4.69, 9.17) is 4.74 Å². The van der Waals surface area contributed by atoms with Crippen LogP contribution in [0.2, 0.25) is 0 Å². The lowest BCUT2D eigenvalue weighted by molar-refractivity contribution is -0.0287. The Labute approximate surface area is 118 Å². The van der Waals surface area contributed by atoms with Crippen LogP contribution in [-0.2, 0) is 4.74 Å². The number of halogens is 1. The summed E-state index contributed by atoms with van der Waals surface area (Å²) in [7, 11) is 0. The van der Waals surface area contributed by atoms with Crippen molar-refractivity contribution in [2.75, 3.05) is 13.1 Å². The molecule has 2 unspecified atom stereocenters. The van der Waals surface area contributed by atoms with Crippen LogP contribution in [0.5, 0.6) is 0 Å². The topological polar surface area (TPSA) is 21.3 Å². The van der Waals surface area contributed by atoms with Crippen LogP contribution in [0.15, 0.2) is 48.5 Å². The second-order valence-corrected chi connectivity index (χ2v) is 5.23. The fourth-order valence-electron chi connectivity index (χ4n) is 2.55. The van der Waals surface area contributed by atoms with Gasteiger partial charge in [0.05, 0.1) is 12.2 Å². The Hall–Kier alpha value is -1.71. The molecule has 0 aromatic heterocycles. The van der Waals surface area contributed by atoms with Crippen molar-refractivity contribution in [1.82, 2.24) is 5.32 Å². The lowest BCUT2D eigenvalue weighted by atomic mass is 10.0. The standard InChI is InChI=1S/C17H18FNO/c1-12-10-19-11-17(20-12)14-7-5-13(6-8-14)15-3-2-4-16(18)9-15/h2-9,12,17,19H,10-11H2,1H3. The van der Waals surface area contributed by atoms with Gasteiger partial charge in [0, 0.05) is 13.1 Å². The van der Waals surface area contributed by atoms with E-state index in [9.17, 15) is 4.39 Å². The molecule has 0 bridgehead atoms. The Balaban J connectivity index is 1.80. The van der Waals surface area contributed by atoms with Crippen molar-refractivity contribution < 1.29 is 9.13 Å². The molecular weight excluding hydrogens is 253 g/mol. The highest BCUT2D eigenvalue weighted by atomic mass is 19.1. The molecule has 2 atom stereocenters. The smallest absolute Gasteiger partial charge is 0.123 e. The third kappa shape index (κ3) is 2.89. The van der Waals surface area contributed by atoms with E-state index in [2.05, 4.69) is 24.4 Å². The number of morpholine rings is 1. The number of rotatable bonds is 2. The summed E-state index contributed by atoms with van der Waals surface area (Å²) in [6.07, 6.45) is 0.331. The van der Waals surface area contributed by atoms with Gasteiger partial charge in [-0.1, -0.05) is 36.4 Å². The predicted octanol–water partition coefficient (Wildman–Crippen LogP) is 3.54. The summed E-state index contributed by atoms with van der Waals surface area (Å²) in [4.78, 5) is 0. The molecule has 1 aliphatic rings. The van der Waals surface area contributed by atoms with E-state index in [1.807, 2.05) is 18.2 Å². The van der Waals surface area contributed by atoms with E-state index in [1.165, 1.54) is 6.07 Å². The molecule has 1 saturated heterocycles. The Morgan fingerprint density at radius 1 is 1.05 bits per heavy atom. The summed E-state index contributed by atoms with van der Waals surface area (Å²) in [5.41, 5.74) is 3.07. The maximum absolute atomic E-state index is 13.2. The molecule has 1 N–H and O–H groups in total. The van der Waals surface area contributed by atoms with E-state index in [-0.39, 0.29) is 18.0 Å². The van der Waals surface area contributed by atoms with Gasteiger partial charge in [0.15, 0.2) is 0 Å². The summed E-state index contributed by atoms with van der Waals surface area (Å²) in [6, 6.07) is 14.8. The summed E-state index contributed by atoms with van der Waals surface area (Å²) < 4.78 is 19.2. The normalized spacial score (nSPS) is 22.7. The van der Waals surface area contributed by atoms with Gasteiger partial charge in [-0.3, -0.25) is 0 Å². The Morgan fingerprint density at radius 2 is 1.85 bits per heavy atom. The van der Waals surface area contributed by atoms with E-state index in [0.717, 1.165) is 29.8 Å². The van der Waals surface area contributed by atoms with Crippen LogP contribution in [0.4, 0.5) is 4.39 Å². The highest BCUT2D eigenvalue weighted by molar-refractivity contribution is 5.63. The first kappa shape index (κ1) is 13.3. The van der Waals surface area contributed by atoms with Gasteiger partial charge in [-0.2, -0.15) is 0 Å². The van der Waals surface area contributed by atoms with Crippen molar-refractivity contribution >= 4 is 0 Å². The van der Waals surface area contributed by atoms with Crippen LogP contribution in [-0.4, -0.2) is 19.2 Å². The van der Waals surface area contributed by atoms with Crippen LogP contribution in [0.25, 0.3) is 11.1 Å². The summed E-state index contributed by atoms with van der Waals surface area (Å²) in [6.45, 7) is 3.81. The van der Waals surface area contributed by atoms with Gasteiger partial charge in [0.2, 0.25) is 0 Å². The Morgan fingerprint density at radius 3 is 2.55 bits per heavy atom. The van der Waals surface area contributed by atoms with Crippen LogP contribution < -0.4 is 5.32 Å². The summed E-state index contributed by atoms with van der Waals surface area (Å²) in [5, 5.41) is 3.36. The molecule has 20 heavy (non-hydrogen) atoms. The Bertz CT molecular complexity index is 582. The summed E-state index contributed by atoms with van der Waals surface area (Å²) >= 11 is 0. The fourth-order valence-corrected chi connectivity index (χ4v) is 2.55. The van der Waals surface area contributed by atoms with E-state index in [0.29, 0.717) is 0 Å². The first-order valence-corrected chi connectivity index (χ1v) is 6.94. The Kier molecular flexibility index (Phi) is 3.81.